The van der Waals surface area contributed by atoms with Crippen molar-refractivity contribution in [2.24, 2.45) is 0 Å². The molecule has 0 saturated carbocycles. The van der Waals surface area contributed by atoms with Crippen LogP contribution in [0.15, 0.2) is 0 Å². The summed E-state index contributed by atoms with van der Waals surface area (Å²) in [4.78, 5) is 24.0. The normalized spacial score (nSPS) is 22.5. The van der Waals surface area contributed by atoms with Crippen LogP contribution in [0.5, 0.6) is 0 Å². The molecule has 17 heavy (non-hydrogen) atoms. The highest BCUT2D eigenvalue weighted by molar-refractivity contribution is 7.88. The van der Waals surface area contributed by atoms with Gasteiger partial charge in [0.15, 0.2) is 0 Å². The zero-order valence-electron chi connectivity index (χ0n) is 9.71. The van der Waals surface area contributed by atoms with Crippen LogP contribution in [-0.4, -0.2) is 55.2 Å². The predicted octanol–water partition coefficient (Wildman–Crippen LogP) is -1.00. The highest BCUT2D eigenvalue weighted by atomic mass is 32.2. The van der Waals surface area contributed by atoms with Gasteiger partial charge in [-0.25, -0.2) is 17.9 Å². The number of hydrogen-bond donors (Lipinski definition) is 2. The van der Waals surface area contributed by atoms with E-state index in [-0.39, 0.29) is 0 Å². The molecule has 1 aliphatic rings. The fraction of sp³-hybridized carbons (Fsp3) is 0.778. The fourth-order valence-corrected chi connectivity index (χ4v) is 2.65. The highest BCUT2D eigenvalue weighted by Crippen LogP contribution is 2.18. The Balaban J connectivity index is 2.72. The van der Waals surface area contributed by atoms with Gasteiger partial charge in [-0.15, -0.1) is 0 Å². The Morgan fingerprint density at radius 1 is 1.47 bits per heavy atom. The number of amides is 1. The molecule has 8 heteroatoms. The molecule has 7 nitrogen and oxygen atoms in total. The lowest BCUT2D eigenvalue weighted by Gasteiger charge is -2.24. The van der Waals surface area contributed by atoms with Gasteiger partial charge < -0.3 is 10.0 Å². The van der Waals surface area contributed by atoms with E-state index in [4.69, 9.17) is 5.11 Å². The summed E-state index contributed by atoms with van der Waals surface area (Å²) in [6.07, 6.45) is 1.98. The van der Waals surface area contributed by atoms with Gasteiger partial charge in [0.05, 0.1) is 12.3 Å². The zero-order chi connectivity index (χ0) is 13.2. The molecule has 98 valence electrons. The summed E-state index contributed by atoms with van der Waals surface area (Å²) < 4.78 is 24.1. The van der Waals surface area contributed by atoms with Gasteiger partial charge in [-0.2, -0.15) is 0 Å². The van der Waals surface area contributed by atoms with Crippen molar-refractivity contribution >= 4 is 21.9 Å². The van der Waals surface area contributed by atoms with Crippen molar-refractivity contribution in [3.63, 3.8) is 0 Å². The van der Waals surface area contributed by atoms with Gasteiger partial charge in [0.1, 0.15) is 6.04 Å². The third-order valence-corrected chi connectivity index (χ3v) is 3.36. The number of nitrogens with one attached hydrogen (secondary N) is 1. The zero-order valence-corrected chi connectivity index (χ0v) is 10.5. The summed E-state index contributed by atoms with van der Waals surface area (Å²) in [5.74, 6) is -1.55. The van der Waals surface area contributed by atoms with Crippen LogP contribution in [0.3, 0.4) is 0 Å². The Morgan fingerprint density at radius 3 is 2.53 bits per heavy atom. The van der Waals surface area contributed by atoms with Gasteiger partial charge in [-0.05, 0) is 19.8 Å². The van der Waals surface area contributed by atoms with E-state index in [0.717, 1.165) is 6.26 Å². The molecule has 0 aromatic rings. The van der Waals surface area contributed by atoms with Gasteiger partial charge in [0.2, 0.25) is 15.9 Å². The first-order chi connectivity index (χ1) is 7.72. The Bertz CT molecular complexity index is 419. The van der Waals surface area contributed by atoms with Gasteiger partial charge >= 0.3 is 5.97 Å². The standard InChI is InChI=1S/C9H16N2O5S/c1-6(10-17(2,15)16)8(12)11-5-3-4-7(11)9(13)14/h6-7,10H,3-5H2,1-2H3,(H,13,14)/t6-,7-/m0/s1. The van der Waals surface area contributed by atoms with Crippen LogP contribution < -0.4 is 4.72 Å². The van der Waals surface area contributed by atoms with Crippen LogP contribution in [0.1, 0.15) is 19.8 Å². The smallest absolute Gasteiger partial charge is 0.326 e. The van der Waals surface area contributed by atoms with Crippen molar-refractivity contribution in [1.29, 1.82) is 0 Å². The van der Waals surface area contributed by atoms with E-state index in [0.29, 0.717) is 19.4 Å². The summed E-state index contributed by atoms with van der Waals surface area (Å²) in [6.45, 7) is 1.76. The first kappa shape index (κ1) is 13.9. The highest BCUT2D eigenvalue weighted by Gasteiger charge is 2.36. The van der Waals surface area contributed by atoms with E-state index in [1.165, 1.54) is 11.8 Å². The summed E-state index contributed by atoms with van der Waals surface area (Å²) in [5, 5.41) is 8.91. The van der Waals surface area contributed by atoms with Crippen LogP contribution in [0, 0.1) is 0 Å². The maximum atomic E-state index is 11.9. The minimum Gasteiger partial charge on any atom is -0.480 e. The van der Waals surface area contributed by atoms with Gasteiger partial charge in [0, 0.05) is 6.54 Å². The maximum absolute atomic E-state index is 11.9. The molecule has 0 radical (unpaired) electrons. The molecular formula is C9H16N2O5S. The van der Waals surface area contributed by atoms with Crippen molar-refractivity contribution in [3.05, 3.63) is 0 Å². The van der Waals surface area contributed by atoms with Gasteiger partial charge in [0.25, 0.3) is 0 Å². The molecule has 2 atom stereocenters. The SMILES string of the molecule is C[C@H](NS(C)(=O)=O)C(=O)N1CCC[C@H]1C(=O)O. The topological polar surface area (TPSA) is 104 Å². The van der Waals surface area contributed by atoms with E-state index in [9.17, 15) is 18.0 Å². The minimum absolute atomic E-state index is 0.353. The third-order valence-electron chi connectivity index (χ3n) is 2.58. The molecule has 0 unspecified atom stereocenters. The number of aliphatic carboxylic acids is 1. The van der Waals surface area contributed by atoms with Crippen LogP contribution >= 0.6 is 0 Å². The van der Waals surface area contributed by atoms with Crippen molar-refractivity contribution in [1.82, 2.24) is 9.62 Å². The Kier molecular flexibility index (Phi) is 4.10. The average Bonchev–Trinajstić information content (AvgIpc) is 2.61. The second-order valence-corrected chi connectivity index (χ2v) is 5.92. The van der Waals surface area contributed by atoms with Gasteiger partial charge in [-0.1, -0.05) is 0 Å². The second-order valence-electron chi connectivity index (χ2n) is 4.14. The van der Waals surface area contributed by atoms with Crippen molar-refractivity contribution in [3.8, 4) is 0 Å². The number of hydrogen-bond acceptors (Lipinski definition) is 4. The van der Waals surface area contributed by atoms with Crippen molar-refractivity contribution < 1.29 is 23.1 Å². The Morgan fingerprint density at radius 2 is 2.06 bits per heavy atom. The molecule has 1 aliphatic heterocycles. The largest absolute Gasteiger partial charge is 0.480 e. The quantitative estimate of drug-likeness (QED) is 0.677. The number of likely N-dealkylation sites (tertiary alicyclic amines) is 1. The lowest BCUT2D eigenvalue weighted by molar-refractivity contribution is -0.148. The molecule has 0 spiro atoms. The van der Waals surface area contributed by atoms with E-state index in [1.807, 2.05) is 0 Å². The molecule has 1 amide bonds. The Labute approximate surface area is 99.8 Å². The molecule has 1 fully saturated rings. The number of carbonyl (C=O) groups excluding carboxylic acids is 1. The van der Waals surface area contributed by atoms with Crippen LogP contribution in [0.4, 0.5) is 0 Å². The van der Waals surface area contributed by atoms with E-state index >= 15 is 0 Å². The molecule has 2 N–H and O–H groups in total. The number of sulfonamides is 1. The molecule has 0 aromatic carbocycles. The number of carboxylic acid groups (broad SMARTS) is 1. The van der Waals surface area contributed by atoms with E-state index in [2.05, 4.69) is 4.72 Å². The molecule has 0 aromatic heterocycles. The number of carbonyl (C=O) groups is 2. The van der Waals surface area contributed by atoms with Crippen molar-refractivity contribution in [2.45, 2.75) is 31.8 Å². The molecule has 1 rings (SSSR count). The molecule has 0 aliphatic carbocycles. The fourth-order valence-electron chi connectivity index (χ4n) is 1.91. The average molecular weight is 264 g/mol. The molecular weight excluding hydrogens is 248 g/mol. The monoisotopic (exact) mass is 264 g/mol. The maximum Gasteiger partial charge on any atom is 0.326 e. The second kappa shape index (κ2) is 5.01. The van der Waals surface area contributed by atoms with Gasteiger partial charge in [-0.3, -0.25) is 4.79 Å². The van der Waals surface area contributed by atoms with E-state index in [1.54, 1.807) is 0 Å². The number of rotatable bonds is 4. The Hall–Kier alpha value is -1.15. The summed E-state index contributed by atoms with van der Waals surface area (Å²) in [6, 6.07) is -1.78. The third kappa shape index (κ3) is 3.67. The van der Waals surface area contributed by atoms with Crippen LogP contribution in [0.2, 0.25) is 0 Å². The van der Waals surface area contributed by atoms with Crippen molar-refractivity contribution in [2.75, 3.05) is 12.8 Å². The van der Waals surface area contributed by atoms with Crippen LogP contribution in [0.25, 0.3) is 0 Å². The summed E-state index contributed by atoms with van der Waals surface area (Å²) in [7, 11) is -3.48. The first-order valence-corrected chi connectivity index (χ1v) is 7.12. The summed E-state index contributed by atoms with van der Waals surface area (Å²) >= 11 is 0. The predicted molar refractivity (Wildman–Crippen MR) is 59.8 cm³/mol. The molecule has 1 heterocycles. The number of carboxylic acids is 1. The van der Waals surface area contributed by atoms with Crippen LogP contribution in [-0.2, 0) is 19.6 Å². The molecule has 0 bridgehead atoms. The summed E-state index contributed by atoms with van der Waals surface area (Å²) in [5.41, 5.74) is 0. The molecule has 1 saturated heterocycles. The number of nitrogens with zero attached hydrogens (tertiary/aromatic N) is 1. The lowest BCUT2D eigenvalue weighted by Crippen LogP contribution is -2.50. The minimum atomic E-state index is -3.48. The lowest BCUT2D eigenvalue weighted by atomic mass is 10.2. The van der Waals surface area contributed by atoms with E-state index < -0.39 is 34.0 Å². The first-order valence-electron chi connectivity index (χ1n) is 5.23.